The number of hydrogen-bond donors (Lipinski definition) is 0. The highest BCUT2D eigenvalue weighted by Crippen LogP contribution is 2.48. The van der Waals surface area contributed by atoms with Crippen molar-refractivity contribution in [1.82, 2.24) is 4.57 Å². The molecule has 210 valence electrons. The topological polar surface area (TPSA) is 32.6 Å². The molecule has 4 nitrogen and oxygen atoms in total. The fourth-order valence-corrected chi connectivity index (χ4v) is 7.38. The highest BCUT2D eigenvalue weighted by atomic mass is 35.5. The van der Waals surface area contributed by atoms with E-state index in [0.717, 1.165) is 21.5 Å². The molecule has 8 heteroatoms. The van der Waals surface area contributed by atoms with Gasteiger partial charge in [0.15, 0.2) is 0 Å². The van der Waals surface area contributed by atoms with E-state index < -0.39 is 24.5 Å². The van der Waals surface area contributed by atoms with Crippen LogP contribution in [0.15, 0.2) is 48.5 Å². The van der Waals surface area contributed by atoms with Gasteiger partial charge in [-0.2, -0.15) is 0 Å². The Morgan fingerprint density at radius 1 is 0.925 bits per heavy atom. The molecule has 1 saturated carbocycles. The van der Waals surface area contributed by atoms with Crippen molar-refractivity contribution >= 4 is 46.4 Å². The molecule has 2 fully saturated rings. The number of benzene rings is 2. The maximum atomic E-state index is 16.0. The van der Waals surface area contributed by atoms with Gasteiger partial charge in [0.2, 0.25) is 6.23 Å². The first-order valence-electron chi connectivity index (χ1n) is 14.4. The summed E-state index contributed by atoms with van der Waals surface area (Å²) in [6.07, 6.45) is 4.66. The van der Waals surface area contributed by atoms with Crippen molar-refractivity contribution in [2.45, 2.75) is 90.6 Å². The predicted molar refractivity (Wildman–Crippen MR) is 164 cm³/mol. The molecule has 4 heterocycles. The van der Waals surface area contributed by atoms with Gasteiger partial charge in [-0.05, 0) is 100 Å². The van der Waals surface area contributed by atoms with Crippen LogP contribution in [-0.2, 0) is 9.31 Å². The standard InChI is InChI=1S/C30H30BClFNO3S.C2H6/c1-29(2)30(3,4)37-31(36-29)19-15-21(33)27-23-14-18-13-20(32)9-10-22(18)34(23)28(35-24(27)16-19)26-12-11-25(38-26)17-7-5-6-8-17;1-2/h9-17,28H,5-8H2,1-4H3;1-2H3. The van der Waals surface area contributed by atoms with Crippen molar-refractivity contribution in [3.8, 4) is 17.0 Å². The van der Waals surface area contributed by atoms with E-state index in [1.807, 2.05) is 83.2 Å². The predicted octanol–water partition coefficient (Wildman–Crippen LogP) is 9.08. The highest BCUT2D eigenvalue weighted by molar-refractivity contribution is 7.12. The van der Waals surface area contributed by atoms with Crippen LogP contribution in [-0.4, -0.2) is 22.9 Å². The minimum absolute atomic E-state index is 0.362. The number of thiophene rings is 1. The lowest BCUT2D eigenvalue weighted by Gasteiger charge is -2.32. The summed E-state index contributed by atoms with van der Waals surface area (Å²) in [5.74, 6) is 0.757. The van der Waals surface area contributed by atoms with Crippen LogP contribution >= 0.6 is 22.9 Å². The van der Waals surface area contributed by atoms with Crippen LogP contribution in [0.1, 0.15) is 89.1 Å². The van der Waals surface area contributed by atoms with Gasteiger partial charge in [0.1, 0.15) is 11.6 Å². The van der Waals surface area contributed by atoms with Crippen molar-refractivity contribution in [1.29, 1.82) is 0 Å². The number of hydrogen-bond acceptors (Lipinski definition) is 4. The molecule has 7 rings (SSSR count). The second-order valence-electron chi connectivity index (χ2n) is 11.8. The van der Waals surface area contributed by atoms with E-state index in [9.17, 15) is 0 Å². The Bertz CT molecular complexity index is 1560. The molecule has 2 aromatic carbocycles. The molecule has 0 N–H and O–H groups in total. The summed E-state index contributed by atoms with van der Waals surface area (Å²) in [5, 5.41) is 1.60. The average molecular weight is 580 g/mol. The van der Waals surface area contributed by atoms with Gasteiger partial charge in [-0.1, -0.05) is 38.3 Å². The van der Waals surface area contributed by atoms with Gasteiger partial charge in [0, 0.05) is 15.3 Å². The Hall–Kier alpha value is -2.32. The fraction of sp³-hybridized carbons (Fsp3) is 0.438. The second-order valence-corrected chi connectivity index (χ2v) is 13.3. The summed E-state index contributed by atoms with van der Waals surface area (Å²) >= 11 is 8.15. The van der Waals surface area contributed by atoms with E-state index in [2.05, 4.69) is 16.7 Å². The number of ether oxygens (including phenoxy) is 1. The Morgan fingerprint density at radius 2 is 1.60 bits per heavy atom. The quantitative estimate of drug-likeness (QED) is 0.227. The number of aromatic nitrogens is 1. The molecule has 3 aliphatic rings. The maximum absolute atomic E-state index is 16.0. The monoisotopic (exact) mass is 579 g/mol. The van der Waals surface area contributed by atoms with Gasteiger partial charge < -0.3 is 14.0 Å². The van der Waals surface area contributed by atoms with Gasteiger partial charge in [-0.15, -0.1) is 11.3 Å². The Labute approximate surface area is 245 Å². The summed E-state index contributed by atoms with van der Waals surface area (Å²) in [6.45, 7) is 12.0. The minimum atomic E-state index is -0.677. The third kappa shape index (κ3) is 4.50. The Balaban J connectivity index is 0.00000142. The molecule has 2 aromatic heterocycles. The van der Waals surface area contributed by atoms with Crippen molar-refractivity contribution in [3.05, 3.63) is 69.1 Å². The lowest BCUT2D eigenvalue weighted by atomic mass is 9.78. The fourth-order valence-electron chi connectivity index (χ4n) is 6.00. The van der Waals surface area contributed by atoms with Crippen molar-refractivity contribution in [2.75, 3.05) is 0 Å². The van der Waals surface area contributed by atoms with Crippen LogP contribution in [0.3, 0.4) is 0 Å². The third-order valence-electron chi connectivity index (χ3n) is 8.78. The maximum Gasteiger partial charge on any atom is 0.495 e. The average Bonchev–Trinajstić information content (AvgIpc) is 3.70. The molecule has 1 unspecified atom stereocenters. The van der Waals surface area contributed by atoms with E-state index in [1.54, 1.807) is 0 Å². The van der Waals surface area contributed by atoms with Crippen LogP contribution in [0.2, 0.25) is 5.02 Å². The zero-order valence-electron chi connectivity index (χ0n) is 24.0. The highest BCUT2D eigenvalue weighted by Gasteiger charge is 2.52. The molecule has 40 heavy (non-hydrogen) atoms. The van der Waals surface area contributed by atoms with Gasteiger partial charge >= 0.3 is 7.12 Å². The molecule has 4 aromatic rings. The van der Waals surface area contributed by atoms with Gasteiger partial charge in [-0.25, -0.2) is 4.39 Å². The zero-order valence-corrected chi connectivity index (χ0v) is 25.6. The van der Waals surface area contributed by atoms with Crippen LogP contribution in [0, 0.1) is 5.82 Å². The number of fused-ring (bicyclic) bond motifs is 5. The van der Waals surface area contributed by atoms with Crippen molar-refractivity contribution in [2.24, 2.45) is 0 Å². The summed E-state index contributed by atoms with van der Waals surface area (Å²) in [5.41, 5.74) is 1.76. The van der Waals surface area contributed by atoms with E-state index >= 15 is 4.39 Å². The normalized spacial score (nSPS) is 21.1. The van der Waals surface area contributed by atoms with Crippen molar-refractivity contribution < 1.29 is 18.4 Å². The molecular formula is C32H36BClFNO3S. The Morgan fingerprint density at radius 3 is 2.30 bits per heavy atom. The van der Waals surface area contributed by atoms with Crippen molar-refractivity contribution in [3.63, 3.8) is 0 Å². The molecule has 2 aliphatic heterocycles. The second kappa shape index (κ2) is 10.2. The lowest BCUT2D eigenvalue weighted by Crippen LogP contribution is -2.41. The summed E-state index contributed by atoms with van der Waals surface area (Å²) in [7, 11) is -0.677. The largest absolute Gasteiger partial charge is 0.495 e. The number of rotatable bonds is 3. The third-order valence-corrected chi connectivity index (χ3v) is 10.3. The van der Waals surface area contributed by atoms with Crippen LogP contribution < -0.4 is 10.2 Å². The summed E-state index contributed by atoms with van der Waals surface area (Å²) in [6, 6.07) is 15.6. The molecule has 0 radical (unpaired) electrons. The first-order valence-corrected chi connectivity index (χ1v) is 15.6. The molecular weight excluding hydrogens is 544 g/mol. The smallest absolute Gasteiger partial charge is 0.464 e. The van der Waals surface area contributed by atoms with Gasteiger partial charge in [0.25, 0.3) is 0 Å². The van der Waals surface area contributed by atoms with Gasteiger partial charge in [-0.3, -0.25) is 4.57 Å². The summed E-state index contributed by atoms with van der Waals surface area (Å²) in [4.78, 5) is 2.51. The molecule has 0 spiro atoms. The first kappa shape index (κ1) is 27.8. The van der Waals surface area contributed by atoms with Gasteiger partial charge in [0.05, 0.1) is 32.9 Å². The summed E-state index contributed by atoms with van der Waals surface area (Å²) < 4.78 is 37.2. The van der Waals surface area contributed by atoms with E-state index in [4.69, 9.17) is 25.6 Å². The van der Waals surface area contributed by atoms with E-state index in [-0.39, 0.29) is 5.82 Å². The van der Waals surface area contributed by atoms with E-state index in [1.165, 1.54) is 36.6 Å². The molecule has 0 amide bonds. The molecule has 1 saturated heterocycles. The lowest BCUT2D eigenvalue weighted by molar-refractivity contribution is 0.00578. The number of nitrogens with zero attached hydrogens (tertiary/aromatic N) is 1. The van der Waals surface area contributed by atoms with Crippen LogP contribution in [0.5, 0.6) is 5.75 Å². The Kier molecular flexibility index (Phi) is 7.10. The molecule has 1 atom stereocenters. The zero-order chi connectivity index (χ0) is 28.4. The minimum Gasteiger partial charge on any atom is -0.464 e. The van der Waals surface area contributed by atoms with E-state index in [0.29, 0.717) is 27.7 Å². The van der Waals surface area contributed by atoms with Crippen LogP contribution in [0.25, 0.3) is 22.2 Å². The number of halogens is 2. The van der Waals surface area contributed by atoms with Crippen LogP contribution in [0.4, 0.5) is 4.39 Å². The first-order chi connectivity index (χ1) is 19.1. The SMILES string of the molecule is CC.CC1(C)OB(c2cc(F)c3c(c2)OC(c2ccc(C4CCCC4)s2)n2c-3cc3cc(Cl)ccc32)OC1(C)C. The molecule has 0 bridgehead atoms. The molecule has 1 aliphatic carbocycles.